The van der Waals surface area contributed by atoms with Gasteiger partial charge in [0.05, 0.1) is 23.4 Å². The van der Waals surface area contributed by atoms with Crippen molar-refractivity contribution in [1.29, 1.82) is 0 Å². The summed E-state index contributed by atoms with van der Waals surface area (Å²) in [6, 6.07) is 4.39. The van der Waals surface area contributed by atoms with E-state index in [4.69, 9.17) is 4.74 Å². The van der Waals surface area contributed by atoms with Crippen molar-refractivity contribution in [2.45, 2.75) is 82.3 Å². The summed E-state index contributed by atoms with van der Waals surface area (Å²) in [5.41, 5.74) is -2.52. The van der Waals surface area contributed by atoms with E-state index in [0.717, 1.165) is 24.4 Å². The van der Waals surface area contributed by atoms with E-state index < -0.39 is 41.7 Å². The van der Waals surface area contributed by atoms with Crippen molar-refractivity contribution < 1.29 is 35.9 Å². The van der Waals surface area contributed by atoms with Crippen molar-refractivity contribution >= 4 is 11.9 Å². The Bertz CT molecular complexity index is 1100. The summed E-state index contributed by atoms with van der Waals surface area (Å²) in [4.78, 5) is 14.1. The van der Waals surface area contributed by atoms with E-state index >= 15 is 0 Å². The number of piperidine rings is 1. The van der Waals surface area contributed by atoms with Crippen molar-refractivity contribution in [2.75, 3.05) is 11.9 Å². The lowest BCUT2D eigenvalue weighted by Gasteiger charge is -2.29. The summed E-state index contributed by atoms with van der Waals surface area (Å²) in [7, 11) is 0. The largest absolute Gasteiger partial charge is 0.445 e. The quantitative estimate of drug-likeness (QED) is 0.534. The fourth-order valence-electron chi connectivity index (χ4n) is 5.41. The van der Waals surface area contributed by atoms with Crippen molar-refractivity contribution in [1.82, 2.24) is 20.0 Å². The molecule has 0 saturated carbocycles. The number of nitrogens with one attached hydrogen (secondary N) is 2. The number of alkyl halides is 6. The highest BCUT2D eigenvalue weighted by molar-refractivity contribution is 5.67. The first-order valence-corrected chi connectivity index (χ1v) is 12.2. The van der Waals surface area contributed by atoms with Crippen LogP contribution < -0.4 is 10.6 Å². The van der Waals surface area contributed by atoms with Gasteiger partial charge in [0.15, 0.2) is 0 Å². The van der Waals surface area contributed by atoms with Crippen LogP contribution in [0.15, 0.2) is 24.3 Å². The lowest BCUT2D eigenvalue weighted by Crippen LogP contribution is -2.43. The van der Waals surface area contributed by atoms with Gasteiger partial charge in [-0.05, 0) is 55.9 Å². The van der Waals surface area contributed by atoms with E-state index in [-0.39, 0.29) is 12.6 Å². The van der Waals surface area contributed by atoms with Crippen LogP contribution in [-0.2, 0) is 36.8 Å². The summed E-state index contributed by atoms with van der Waals surface area (Å²) < 4.78 is 85.6. The summed E-state index contributed by atoms with van der Waals surface area (Å²) in [5.74, 6) is 0.722. The van der Waals surface area contributed by atoms with Gasteiger partial charge in [-0.25, -0.2) is 4.79 Å². The van der Waals surface area contributed by atoms with Crippen molar-refractivity contribution in [3.05, 3.63) is 46.6 Å². The van der Waals surface area contributed by atoms with Gasteiger partial charge in [0, 0.05) is 37.3 Å². The molecule has 37 heavy (non-hydrogen) atoms. The molecule has 5 rings (SSSR count). The van der Waals surface area contributed by atoms with Gasteiger partial charge in [0.25, 0.3) is 0 Å². The van der Waals surface area contributed by atoms with Crippen LogP contribution in [0, 0.1) is 0 Å². The van der Waals surface area contributed by atoms with Gasteiger partial charge in [-0.1, -0.05) is 0 Å². The second kappa shape index (κ2) is 9.73. The number of carbonyl (C=O) groups is 1. The van der Waals surface area contributed by atoms with Gasteiger partial charge in [-0.3, -0.25) is 4.68 Å². The molecule has 4 heterocycles. The zero-order valence-electron chi connectivity index (χ0n) is 19.8. The Labute approximate surface area is 209 Å². The molecule has 2 N–H and O–H groups in total. The molecule has 0 spiro atoms. The van der Waals surface area contributed by atoms with Crippen LogP contribution in [0.4, 0.5) is 37.0 Å². The third kappa shape index (κ3) is 5.97. The Kier molecular flexibility index (Phi) is 6.75. The van der Waals surface area contributed by atoms with Gasteiger partial charge in [-0.2, -0.15) is 31.4 Å². The minimum absolute atomic E-state index is 0.0432. The molecule has 2 atom stereocenters. The van der Waals surface area contributed by atoms with Crippen molar-refractivity contribution in [2.24, 2.45) is 0 Å². The maximum absolute atomic E-state index is 13.1. The lowest BCUT2D eigenvalue weighted by atomic mass is 10.00. The summed E-state index contributed by atoms with van der Waals surface area (Å²) in [6.45, 7) is 0.341. The average Bonchev–Trinajstić information content (AvgIpc) is 3.29. The second-order valence-electron chi connectivity index (χ2n) is 9.94. The van der Waals surface area contributed by atoms with E-state index in [2.05, 4.69) is 15.7 Å². The zero-order chi connectivity index (χ0) is 26.4. The van der Waals surface area contributed by atoms with E-state index in [9.17, 15) is 31.1 Å². The number of carbonyl (C=O) groups excluding carboxylic acids is 1. The Balaban J connectivity index is 1.23. The first-order chi connectivity index (χ1) is 17.4. The van der Waals surface area contributed by atoms with E-state index in [1.165, 1.54) is 17.7 Å². The maximum atomic E-state index is 13.1. The Hall–Kier alpha value is -2.96. The van der Waals surface area contributed by atoms with E-state index in [1.807, 2.05) is 10.7 Å². The highest BCUT2D eigenvalue weighted by Crippen LogP contribution is 2.36. The number of halogens is 6. The molecule has 0 radical (unpaired) electrons. The van der Waals surface area contributed by atoms with Crippen LogP contribution >= 0.6 is 0 Å². The number of hydrogen-bond donors (Lipinski definition) is 2. The van der Waals surface area contributed by atoms with Crippen molar-refractivity contribution in [3.8, 4) is 0 Å². The Morgan fingerprint density at radius 3 is 2.27 bits per heavy atom. The molecule has 7 nitrogen and oxygen atoms in total. The molecular formula is C24H27F6N5O2. The number of aromatic nitrogens is 2. The minimum Gasteiger partial charge on any atom is -0.445 e. The molecule has 2 bridgehead atoms. The van der Waals surface area contributed by atoms with Gasteiger partial charge in [0.2, 0.25) is 0 Å². The van der Waals surface area contributed by atoms with Crippen LogP contribution in [0.25, 0.3) is 0 Å². The summed E-state index contributed by atoms with van der Waals surface area (Å²) in [5, 5.41) is 11.7. The average molecular weight is 532 g/mol. The number of hydrogen-bond acceptors (Lipinski definition) is 5. The normalized spacial score (nSPS) is 23.9. The standard InChI is InChI=1S/C24H27F6N5O2/c25-23(26,27)15-6-14(7-16(8-15)24(28,29)30)13-37-22(36)34-4-1-5-35-20(12-34)11-21(33-35)32-19-9-17-2-3-18(10-19)31-17/h6-8,11,17-19,31H,1-5,9-10,12-13H2,(H,32,33). The number of aryl methyl sites for hydroxylation is 1. The zero-order valence-corrected chi connectivity index (χ0v) is 19.8. The number of anilines is 1. The first kappa shape index (κ1) is 25.7. The number of amides is 1. The molecule has 202 valence electrons. The lowest BCUT2D eigenvalue weighted by molar-refractivity contribution is -0.143. The minimum atomic E-state index is -4.97. The molecule has 1 aromatic heterocycles. The Morgan fingerprint density at radius 1 is 1.00 bits per heavy atom. The van der Waals surface area contributed by atoms with E-state index in [0.29, 0.717) is 49.8 Å². The third-order valence-electron chi connectivity index (χ3n) is 7.11. The van der Waals surface area contributed by atoms with Gasteiger partial charge in [-0.15, -0.1) is 0 Å². The van der Waals surface area contributed by atoms with Gasteiger partial charge >= 0.3 is 18.4 Å². The van der Waals surface area contributed by atoms with Crippen LogP contribution in [0.2, 0.25) is 0 Å². The summed E-state index contributed by atoms with van der Waals surface area (Å²) in [6.07, 6.45) is -5.79. The fraction of sp³-hybridized carbons (Fsp3) is 0.583. The molecule has 0 aliphatic carbocycles. The molecule has 13 heteroatoms. The highest BCUT2D eigenvalue weighted by atomic mass is 19.4. The Morgan fingerprint density at radius 2 is 1.65 bits per heavy atom. The predicted molar refractivity (Wildman–Crippen MR) is 120 cm³/mol. The molecular weight excluding hydrogens is 504 g/mol. The van der Waals surface area contributed by atoms with Gasteiger partial charge in [0.1, 0.15) is 12.4 Å². The monoisotopic (exact) mass is 531 g/mol. The van der Waals surface area contributed by atoms with Crippen molar-refractivity contribution in [3.63, 3.8) is 0 Å². The molecule has 3 aliphatic rings. The van der Waals surface area contributed by atoms with Crippen LogP contribution in [0.5, 0.6) is 0 Å². The maximum Gasteiger partial charge on any atom is 0.416 e. The molecule has 2 saturated heterocycles. The fourth-order valence-corrected chi connectivity index (χ4v) is 5.41. The second-order valence-corrected chi connectivity index (χ2v) is 9.94. The molecule has 3 aliphatic heterocycles. The number of ether oxygens (including phenoxy) is 1. The number of benzene rings is 1. The SMILES string of the molecule is O=C(OCc1cc(C(F)(F)F)cc(C(F)(F)F)c1)N1CCCn2nc(NC3CC4CCC(C3)N4)cc2C1. The molecule has 2 unspecified atom stereocenters. The van der Waals surface area contributed by atoms with Gasteiger partial charge < -0.3 is 20.3 Å². The molecule has 1 amide bonds. The molecule has 1 aromatic carbocycles. The van der Waals surface area contributed by atoms with Crippen LogP contribution in [0.1, 0.15) is 54.5 Å². The van der Waals surface area contributed by atoms with E-state index in [1.54, 1.807) is 0 Å². The summed E-state index contributed by atoms with van der Waals surface area (Å²) >= 11 is 0. The number of fused-ring (bicyclic) bond motifs is 3. The number of nitrogens with zero attached hydrogens (tertiary/aromatic N) is 3. The van der Waals surface area contributed by atoms with Crippen LogP contribution in [-0.4, -0.2) is 45.4 Å². The molecule has 2 fully saturated rings. The van der Waals surface area contributed by atoms with Crippen LogP contribution in [0.3, 0.4) is 0 Å². The number of rotatable bonds is 4. The smallest absolute Gasteiger partial charge is 0.416 e. The highest BCUT2D eigenvalue weighted by Gasteiger charge is 2.37. The first-order valence-electron chi connectivity index (χ1n) is 12.2. The molecule has 2 aromatic rings. The topological polar surface area (TPSA) is 71.4 Å². The predicted octanol–water partition coefficient (Wildman–Crippen LogP) is 5.16. The third-order valence-corrected chi connectivity index (χ3v) is 7.11.